The molecule has 2 aromatic rings. The fourth-order valence-corrected chi connectivity index (χ4v) is 3.18. The third-order valence-electron chi connectivity index (χ3n) is 3.24. The highest BCUT2D eigenvalue weighted by molar-refractivity contribution is 14.1. The van der Waals surface area contributed by atoms with E-state index in [0.717, 1.165) is 22.6 Å². The Balaban J connectivity index is 2.63. The number of methoxy groups -OCH3 is 1. The van der Waals surface area contributed by atoms with Crippen molar-refractivity contribution in [3.63, 3.8) is 0 Å². The van der Waals surface area contributed by atoms with E-state index in [0.29, 0.717) is 9.39 Å². The lowest BCUT2D eigenvalue weighted by Gasteiger charge is -2.20. The normalized spacial score (nSPS) is 11.5. The summed E-state index contributed by atoms with van der Waals surface area (Å²) in [6, 6.07) is 5.76. The van der Waals surface area contributed by atoms with Crippen LogP contribution in [-0.4, -0.2) is 17.1 Å². The molecule has 0 saturated heterocycles. The summed E-state index contributed by atoms with van der Waals surface area (Å²) in [5, 5.41) is 0. The third-order valence-corrected chi connectivity index (χ3v) is 4.24. The van der Waals surface area contributed by atoms with Gasteiger partial charge in [0.25, 0.3) is 5.56 Å². The zero-order valence-corrected chi connectivity index (χ0v) is 15.0. The summed E-state index contributed by atoms with van der Waals surface area (Å²) < 4.78 is 5.91. The molecular formula is C16H19IN2O2. The van der Waals surface area contributed by atoms with Crippen molar-refractivity contribution in [2.75, 3.05) is 7.11 Å². The summed E-state index contributed by atoms with van der Waals surface area (Å²) in [4.78, 5) is 19.7. The molecule has 0 aliphatic carbocycles. The number of aryl methyl sites for hydroxylation is 1. The Morgan fingerprint density at radius 2 is 1.95 bits per heavy atom. The van der Waals surface area contributed by atoms with Crippen LogP contribution in [0.3, 0.4) is 0 Å². The molecule has 4 nitrogen and oxygen atoms in total. The van der Waals surface area contributed by atoms with Gasteiger partial charge in [-0.2, -0.15) is 0 Å². The van der Waals surface area contributed by atoms with E-state index in [9.17, 15) is 4.79 Å². The van der Waals surface area contributed by atoms with Crippen molar-refractivity contribution in [1.82, 2.24) is 9.97 Å². The summed E-state index contributed by atoms with van der Waals surface area (Å²) in [6.45, 7) is 8.14. The van der Waals surface area contributed by atoms with Crippen molar-refractivity contribution in [3.05, 3.63) is 43.4 Å². The maximum absolute atomic E-state index is 12.2. The van der Waals surface area contributed by atoms with Crippen LogP contribution in [-0.2, 0) is 5.41 Å². The molecule has 0 saturated carbocycles. The lowest BCUT2D eigenvalue weighted by atomic mass is 9.92. The Bertz CT molecular complexity index is 730. The highest BCUT2D eigenvalue weighted by atomic mass is 127. The molecular weight excluding hydrogens is 379 g/mol. The van der Waals surface area contributed by atoms with E-state index < -0.39 is 0 Å². The van der Waals surface area contributed by atoms with Gasteiger partial charge in [0.2, 0.25) is 0 Å². The fraction of sp³-hybridized carbons (Fsp3) is 0.375. The number of nitrogens with one attached hydrogen (secondary N) is 1. The van der Waals surface area contributed by atoms with Gasteiger partial charge < -0.3 is 9.72 Å². The first-order chi connectivity index (χ1) is 9.74. The summed E-state index contributed by atoms with van der Waals surface area (Å²) in [5.41, 5.74) is 2.43. The molecule has 0 aliphatic heterocycles. The van der Waals surface area contributed by atoms with E-state index in [2.05, 4.69) is 53.3 Å². The van der Waals surface area contributed by atoms with Crippen LogP contribution >= 0.6 is 22.6 Å². The lowest BCUT2D eigenvalue weighted by molar-refractivity contribution is 0.412. The minimum absolute atomic E-state index is 0.0982. The Hall–Kier alpha value is -1.37. The number of hydrogen-bond acceptors (Lipinski definition) is 3. The molecule has 0 radical (unpaired) electrons. The van der Waals surface area contributed by atoms with Crippen LogP contribution in [0.1, 0.15) is 32.0 Å². The Morgan fingerprint density at radius 1 is 1.29 bits per heavy atom. The minimum atomic E-state index is -0.180. The minimum Gasteiger partial charge on any atom is -0.496 e. The zero-order valence-electron chi connectivity index (χ0n) is 12.9. The van der Waals surface area contributed by atoms with Crippen LogP contribution in [0, 0.1) is 10.5 Å². The average Bonchev–Trinajstić information content (AvgIpc) is 2.40. The number of hydrogen-bond donors (Lipinski definition) is 1. The molecule has 0 bridgehead atoms. The van der Waals surface area contributed by atoms with Crippen molar-refractivity contribution in [2.24, 2.45) is 0 Å². The first-order valence-corrected chi connectivity index (χ1v) is 7.77. The molecule has 0 fully saturated rings. The number of aromatic amines is 1. The molecule has 2 rings (SSSR count). The summed E-state index contributed by atoms with van der Waals surface area (Å²) in [7, 11) is 1.64. The smallest absolute Gasteiger partial charge is 0.264 e. The summed E-state index contributed by atoms with van der Waals surface area (Å²) >= 11 is 2.06. The Labute approximate surface area is 138 Å². The van der Waals surface area contributed by atoms with Crippen molar-refractivity contribution in [2.45, 2.75) is 33.1 Å². The van der Waals surface area contributed by atoms with E-state index in [-0.39, 0.29) is 11.0 Å². The highest BCUT2D eigenvalue weighted by Crippen LogP contribution is 2.27. The maximum Gasteiger partial charge on any atom is 0.264 e. The molecule has 1 aromatic heterocycles. The predicted octanol–water partition coefficient (Wildman–Crippen LogP) is 3.66. The number of benzene rings is 1. The van der Waals surface area contributed by atoms with Gasteiger partial charge in [-0.25, -0.2) is 4.98 Å². The first-order valence-electron chi connectivity index (χ1n) is 6.69. The third kappa shape index (κ3) is 3.28. The second-order valence-corrected chi connectivity index (χ2v) is 7.09. The van der Waals surface area contributed by atoms with Gasteiger partial charge in [-0.1, -0.05) is 20.8 Å². The van der Waals surface area contributed by atoms with Gasteiger partial charge in [0.05, 0.1) is 12.8 Å². The molecule has 0 atom stereocenters. The number of rotatable bonds is 2. The van der Waals surface area contributed by atoms with Crippen LogP contribution in [0.25, 0.3) is 11.4 Å². The maximum atomic E-state index is 12.2. The van der Waals surface area contributed by atoms with E-state index >= 15 is 0 Å². The Morgan fingerprint density at radius 3 is 2.48 bits per heavy atom. The molecule has 1 N–H and O–H groups in total. The SMILES string of the molecule is COc1ccc(-c2nc(C(C)(C)C)c(I)c(=O)[nH]2)cc1C. The number of nitrogens with zero attached hydrogens (tertiary/aromatic N) is 1. The molecule has 5 heteroatoms. The van der Waals surface area contributed by atoms with E-state index in [1.165, 1.54) is 0 Å². The molecule has 1 aromatic carbocycles. The molecule has 0 spiro atoms. The Kier molecular flexibility index (Phi) is 4.41. The van der Waals surface area contributed by atoms with Gasteiger partial charge in [0, 0.05) is 11.0 Å². The zero-order chi connectivity index (χ0) is 15.8. The predicted molar refractivity (Wildman–Crippen MR) is 93.0 cm³/mol. The van der Waals surface area contributed by atoms with Crippen LogP contribution in [0.2, 0.25) is 0 Å². The van der Waals surface area contributed by atoms with Crippen molar-refractivity contribution < 1.29 is 4.74 Å². The monoisotopic (exact) mass is 398 g/mol. The number of halogens is 1. The lowest BCUT2D eigenvalue weighted by Crippen LogP contribution is -2.24. The molecule has 0 unspecified atom stereocenters. The first kappa shape index (κ1) is 16.0. The van der Waals surface area contributed by atoms with Gasteiger partial charge in [0.1, 0.15) is 15.1 Å². The largest absolute Gasteiger partial charge is 0.496 e. The van der Waals surface area contributed by atoms with Crippen molar-refractivity contribution >= 4 is 22.6 Å². The van der Waals surface area contributed by atoms with Crippen LogP contribution in [0.15, 0.2) is 23.0 Å². The summed E-state index contributed by atoms with van der Waals surface area (Å²) in [5.74, 6) is 1.42. The van der Waals surface area contributed by atoms with Crippen LogP contribution < -0.4 is 10.3 Å². The van der Waals surface area contributed by atoms with Gasteiger partial charge in [-0.05, 0) is 53.3 Å². The molecule has 21 heavy (non-hydrogen) atoms. The number of ether oxygens (including phenoxy) is 1. The van der Waals surface area contributed by atoms with Crippen molar-refractivity contribution in [3.8, 4) is 17.1 Å². The van der Waals surface area contributed by atoms with Crippen molar-refractivity contribution in [1.29, 1.82) is 0 Å². The van der Waals surface area contributed by atoms with Gasteiger partial charge in [-0.3, -0.25) is 4.79 Å². The van der Waals surface area contributed by atoms with E-state index in [1.807, 2.05) is 25.1 Å². The summed E-state index contributed by atoms with van der Waals surface area (Å²) in [6.07, 6.45) is 0. The molecule has 0 amide bonds. The topological polar surface area (TPSA) is 55.0 Å². The highest BCUT2D eigenvalue weighted by Gasteiger charge is 2.22. The molecule has 112 valence electrons. The van der Waals surface area contributed by atoms with Crippen LogP contribution in [0.4, 0.5) is 0 Å². The number of aromatic nitrogens is 2. The standard InChI is InChI=1S/C16H19IN2O2/c1-9-8-10(6-7-11(9)21-5)14-18-13(16(2,3)4)12(17)15(20)19-14/h6-8H,1-5H3,(H,18,19,20). The van der Waals surface area contributed by atoms with Gasteiger partial charge in [0.15, 0.2) is 0 Å². The van der Waals surface area contributed by atoms with E-state index in [1.54, 1.807) is 7.11 Å². The van der Waals surface area contributed by atoms with Crippen LogP contribution in [0.5, 0.6) is 5.75 Å². The fourth-order valence-electron chi connectivity index (χ4n) is 2.12. The number of H-pyrrole nitrogens is 1. The average molecular weight is 398 g/mol. The second-order valence-electron chi connectivity index (χ2n) is 6.01. The van der Waals surface area contributed by atoms with Gasteiger partial charge in [-0.15, -0.1) is 0 Å². The van der Waals surface area contributed by atoms with E-state index in [4.69, 9.17) is 4.74 Å². The molecule has 0 aliphatic rings. The quantitative estimate of drug-likeness (QED) is 0.786. The van der Waals surface area contributed by atoms with Gasteiger partial charge >= 0.3 is 0 Å². The molecule has 1 heterocycles. The second kappa shape index (κ2) is 5.79.